The number of carbonyl (C=O) groups is 1. The number of nitrogens with zero attached hydrogens (tertiary/aromatic N) is 2. The molecule has 0 fully saturated rings. The summed E-state index contributed by atoms with van der Waals surface area (Å²) in [6.45, 7) is 4.22. The van der Waals surface area contributed by atoms with Gasteiger partial charge in [0.15, 0.2) is 0 Å². The lowest BCUT2D eigenvalue weighted by molar-refractivity contribution is 0.0981. The summed E-state index contributed by atoms with van der Waals surface area (Å²) in [5, 5.41) is 0. The Hall–Kier alpha value is -3.15. The molecular formula is C20H19N3O3. The van der Waals surface area contributed by atoms with Crippen molar-refractivity contribution in [3.63, 3.8) is 0 Å². The molecule has 132 valence electrons. The number of carbonyl (C=O) groups excluding carboxylic acids is 1. The van der Waals surface area contributed by atoms with E-state index in [2.05, 4.69) is 4.98 Å². The summed E-state index contributed by atoms with van der Waals surface area (Å²) in [5.41, 5.74) is 2.41. The van der Waals surface area contributed by atoms with Crippen molar-refractivity contribution in [3.8, 4) is 0 Å². The van der Waals surface area contributed by atoms with Gasteiger partial charge >= 0.3 is 11.1 Å². The van der Waals surface area contributed by atoms with E-state index in [0.717, 1.165) is 17.7 Å². The van der Waals surface area contributed by atoms with Crippen LogP contribution in [0, 0.1) is 0 Å². The standard InChI is InChI=1S/C20H19N3O3/c1-3-22-17-9-8-14(11-15(17)21-18(24)20(22)26)19(25)23-12(2)10-13-6-4-5-7-16(13)23/h4-9,11-12H,3,10H2,1-2H3,(H,21,24). The Balaban J connectivity index is 1.83. The molecular weight excluding hydrogens is 330 g/mol. The Morgan fingerprint density at radius 3 is 2.73 bits per heavy atom. The van der Waals surface area contributed by atoms with Gasteiger partial charge in [-0.3, -0.25) is 14.4 Å². The number of nitrogens with one attached hydrogen (secondary N) is 1. The number of anilines is 1. The summed E-state index contributed by atoms with van der Waals surface area (Å²) in [7, 11) is 0. The van der Waals surface area contributed by atoms with E-state index in [0.29, 0.717) is 23.1 Å². The monoisotopic (exact) mass is 349 g/mol. The molecule has 1 amide bonds. The minimum atomic E-state index is -0.677. The van der Waals surface area contributed by atoms with Crippen LogP contribution in [-0.4, -0.2) is 21.5 Å². The third-order valence-corrected chi connectivity index (χ3v) is 4.96. The zero-order valence-electron chi connectivity index (χ0n) is 14.7. The minimum Gasteiger partial charge on any atom is -0.316 e. The van der Waals surface area contributed by atoms with Crippen molar-refractivity contribution in [2.45, 2.75) is 32.9 Å². The summed E-state index contributed by atoms with van der Waals surface area (Å²) < 4.78 is 1.41. The molecule has 0 spiro atoms. The van der Waals surface area contributed by atoms with Crippen LogP contribution in [0.4, 0.5) is 5.69 Å². The molecule has 1 unspecified atom stereocenters. The molecule has 2 heterocycles. The lowest BCUT2D eigenvalue weighted by Crippen LogP contribution is -2.37. The molecule has 26 heavy (non-hydrogen) atoms. The molecule has 0 bridgehead atoms. The largest absolute Gasteiger partial charge is 0.316 e. The fourth-order valence-corrected chi connectivity index (χ4v) is 3.74. The maximum atomic E-state index is 13.1. The molecule has 1 atom stereocenters. The van der Waals surface area contributed by atoms with E-state index < -0.39 is 11.1 Å². The van der Waals surface area contributed by atoms with E-state index in [-0.39, 0.29) is 11.9 Å². The van der Waals surface area contributed by atoms with Crippen molar-refractivity contribution in [3.05, 3.63) is 74.3 Å². The Morgan fingerprint density at radius 2 is 1.96 bits per heavy atom. The average molecular weight is 349 g/mol. The van der Waals surface area contributed by atoms with Crippen molar-refractivity contribution in [1.82, 2.24) is 9.55 Å². The van der Waals surface area contributed by atoms with E-state index in [9.17, 15) is 14.4 Å². The predicted molar refractivity (Wildman–Crippen MR) is 101 cm³/mol. The van der Waals surface area contributed by atoms with Crippen LogP contribution in [-0.2, 0) is 13.0 Å². The summed E-state index contributed by atoms with van der Waals surface area (Å²) in [6.07, 6.45) is 0.821. The molecule has 1 aromatic heterocycles. The fourth-order valence-electron chi connectivity index (χ4n) is 3.74. The van der Waals surface area contributed by atoms with Gasteiger partial charge in [-0.15, -0.1) is 0 Å². The average Bonchev–Trinajstić information content (AvgIpc) is 2.97. The van der Waals surface area contributed by atoms with E-state index in [1.54, 1.807) is 23.1 Å². The fraction of sp³-hybridized carbons (Fsp3) is 0.250. The van der Waals surface area contributed by atoms with Crippen LogP contribution in [0.2, 0.25) is 0 Å². The molecule has 4 rings (SSSR count). The minimum absolute atomic E-state index is 0.0687. The van der Waals surface area contributed by atoms with Crippen molar-refractivity contribution in [2.75, 3.05) is 4.90 Å². The molecule has 0 saturated carbocycles. The number of fused-ring (bicyclic) bond motifs is 2. The van der Waals surface area contributed by atoms with Crippen molar-refractivity contribution in [1.29, 1.82) is 0 Å². The van der Waals surface area contributed by atoms with E-state index in [1.807, 2.05) is 38.1 Å². The van der Waals surface area contributed by atoms with Crippen LogP contribution in [0.3, 0.4) is 0 Å². The highest BCUT2D eigenvalue weighted by Crippen LogP contribution is 2.33. The van der Waals surface area contributed by atoms with Gasteiger partial charge in [0, 0.05) is 23.8 Å². The van der Waals surface area contributed by atoms with Gasteiger partial charge in [0.05, 0.1) is 11.0 Å². The second-order valence-corrected chi connectivity index (χ2v) is 6.59. The number of rotatable bonds is 2. The van der Waals surface area contributed by atoms with Crippen molar-refractivity contribution < 1.29 is 4.79 Å². The second-order valence-electron chi connectivity index (χ2n) is 6.59. The Labute approximate surface area is 149 Å². The first kappa shape index (κ1) is 16.3. The third-order valence-electron chi connectivity index (χ3n) is 4.96. The highest BCUT2D eigenvalue weighted by atomic mass is 16.2. The van der Waals surface area contributed by atoms with Gasteiger partial charge in [-0.1, -0.05) is 18.2 Å². The van der Waals surface area contributed by atoms with E-state index in [4.69, 9.17) is 0 Å². The number of amides is 1. The molecule has 6 nitrogen and oxygen atoms in total. The quantitative estimate of drug-likeness (QED) is 0.722. The summed E-state index contributed by atoms with van der Waals surface area (Å²) in [5.74, 6) is -0.112. The molecule has 0 aliphatic carbocycles. The first-order valence-corrected chi connectivity index (χ1v) is 8.69. The lowest BCUT2D eigenvalue weighted by Gasteiger charge is -2.23. The molecule has 2 aromatic carbocycles. The van der Waals surface area contributed by atoms with Gasteiger partial charge in [-0.2, -0.15) is 0 Å². The maximum absolute atomic E-state index is 13.1. The maximum Gasteiger partial charge on any atom is 0.316 e. The van der Waals surface area contributed by atoms with Crippen LogP contribution in [0.15, 0.2) is 52.1 Å². The number of para-hydroxylation sites is 1. The van der Waals surface area contributed by atoms with E-state index in [1.165, 1.54) is 4.57 Å². The molecule has 0 radical (unpaired) electrons. The van der Waals surface area contributed by atoms with Crippen molar-refractivity contribution >= 4 is 22.6 Å². The van der Waals surface area contributed by atoms with Crippen LogP contribution >= 0.6 is 0 Å². The topological polar surface area (TPSA) is 75.2 Å². The van der Waals surface area contributed by atoms with Gasteiger partial charge in [0.2, 0.25) is 0 Å². The van der Waals surface area contributed by atoms with Gasteiger partial charge in [0.1, 0.15) is 0 Å². The molecule has 1 aliphatic rings. The normalized spacial score (nSPS) is 16.1. The Kier molecular flexibility index (Phi) is 3.76. The number of benzene rings is 2. The van der Waals surface area contributed by atoms with Crippen LogP contribution in [0.5, 0.6) is 0 Å². The number of aromatic amines is 1. The number of aromatic nitrogens is 2. The molecule has 6 heteroatoms. The Bertz CT molecular complexity index is 1140. The summed E-state index contributed by atoms with van der Waals surface area (Å²) >= 11 is 0. The highest BCUT2D eigenvalue weighted by Gasteiger charge is 2.31. The molecule has 3 aromatic rings. The zero-order chi connectivity index (χ0) is 18.4. The van der Waals surface area contributed by atoms with Gasteiger partial charge < -0.3 is 14.5 Å². The summed E-state index contributed by atoms with van der Waals surface area (Å²) in [4.78, 5) is 41.4. The smallest absolute Gasteiger partial charge is 0.316 e. The van der Waals surface area contributed by atoms with E-state index >= 15 is 0 Å². The SMILES string of the molecule is CCn1c(=O)c(=O)[nH]c2cc(C(=O)N3c4ccccc4CC3C)ccc21. The van der Waals surface area contributed by atoms with Gasteiger partial charge in [0.25, 0.3) is 5.91 Å². The van der Waals surface area contributed by atoms with Crippen LogP contribution < -0.4 is 16.0 Å². The summed E-state index contributed by atoms with van der Waals surface area (Å²) in [6, 6.07) is 13.0. The van der Waals surface area contributed by atoms with Crippen molar-refractivity contribution in [2.24, 2.45) is 0 Å². The number of H-pyrrole nitrogens is 1. The molecule has 0 saturated heterocycles. The second kappa shape index (κ2) is 5.98. The number of aryl methyl sites for hydroxylation is 1. The van der Waals surface area contributed by atoms with Crippen LogP contribution in [0.1, 0.15) is 29.8 Å². The number of hydrogen-bond acceptors (Lipinski definition) is 3. The lowest BCUT2D eigenvalue weighted by atomic mass is 10.1. The molecule has 1 N–H and O–H groups in total. The zero-order valence-corrected chi connectivity index (χ0v) is 14.7. The molecule has 1 aliphatic heterocycles. The predicted octanol–water partition coefficient (Wildman–Crippen LogP) is 2.30. The van der Waals surface area contributed by atoms with Crippen LogP contribution in [0.25, 0.3) is 11.0 Å². The number of hydrogen-bond donors (Lipinski definition) is 1. The Morgan fingerprint density at radius 1 is 1.19 bits per heavy atom. The van der Waals surface area contributed by atoms with Gasteiger partial charge in [-0.05, 0) is 50.1 Å². The highest BCUT2D eigenvalue weighted by molar-refractivity contribution is 6.09. The first-order valence-electron chi connectivity index (χ1n) is 8.69. The van der Waals surface area contributed by atoms with Gasteiger partial charge in [-0.25, -0.2) is 0 Å². The third kappa shape index (κ3) is 2.37. The first-order chi connectivity index (χ1) is 12.5.